The number of piperidine rings is 1. The van der Waals surface area contributed by atoms with Gasteiger partial charge in [0.2, 0.25) is 0 Å². The number of halogens is 3. The summed E-state index contributed by atoms with van der Waals surface area (Å²) in [6.45, 7) is 1.33. The summed E-state index contributed by atoms with van der Waals surface area (Å²) < 4.78 is 60.4. The molecule has 132 valence electrons. The Balaban J connectivity index is 1.53. The molecule has 0 unspecified atom stereocenters. The summed E-state index contributed by atoms with van der Waals surface area (Å²) in [5.74, 6) is 0.623. The molecule has 3 rings (SSSR count). The van der Waals surface area contributed by atoms with Crippen molar-refractivity contribution in [2.24, 2.45) is 0 Å². The van der Waals surface area contributed by atoms with E-state index in [9.17, 15) is 21.6 Å². The number of anilines is 1. The summed E-state index contributed by atoms with van der Waals surface area (Å²) >= 11 is 0. The molecule has 3 heterocycles. The van der Waals surface area contributed by atoms with Crippen molar-refractivity contribution in [3.05, 3.63) is 35.4 Å². The Bertz CT molecular complexity index is 708. The third-order valence-electron chi connectivity index (χ3n) is 4.27. The summed E-state index contributed by atoms with van der Waals surface area (Å²) in [4.78, 5) is 5.86. The Labute approximate surface area is 138 Å². The molecular weight excluding hydrogens is 343 g/mol. The molecule has 0 saturated carbocycles. The van der Waals surface area contributed by atoms with Crippen LogP contribution in [0, 0.1) is 0 Å². The van der Waals surface area contributed by atoms with Crippen LogP contribution in [0.15, 0.2) is 29.8 Å². The number of aromatic nitrogens is 1. The van der Waals surface area contributed by atoms with Gasteiger partial charge < -0.3 is 10.2 Å². The molecule has 24 heavy (non-hydrogen) atoms. The first-order valence-corrected chi connectivity index (χ1v) is 9.40. The van der Waals surface area contributed by atoms with E-state index >= 15 is 0 Å². The van der Waals surface area contributed by atoms with Crippen LogP contribution in [-0.2, 0) is 16.0 Å². The van der Waals surface area contributed by atoms with Gasteiger partial charge in [-0.2, -0.15) is 13.2 Å². The van der Waals surface area contributed by atoms with E-state index in [-0.39, 0.29) is 17.8 Å². The lowest BCUT2D eigenvalue weighted by Gasteiger charge is -2.34. The Kier molecular flexibility index (Phi) is 4.56. The van der Waals surface area contributed by atoms with Gasteiger partial charge in [0.15, 0.2) is 9.84 Å². The van der Waals surface area contributed by atoms with Crippen LogP contribution in [0.5, 0.6) is 0 Å². The van der Waals surface area contributed by atoms with Gasteiger partial charge in [-0.1, -0.05) is 6.08 Å². The van der Waals surface area contributed by atoms with Crippen LogP contribution < -0.4 is 10.2 Å². The van der Waals surface area contributed by atoms with Crippen molar-refractivity contribution in [3.8, 4) is 0 Å². The van der Waals surface area contributed by atoms with Crippen LogP contribution in [-0.4, -0.2) is 44.3 Å². The SMILES string of the molecule is O=S1(=O)C=C[C@@H](NC2CCN(c3ccc(C(F)(F)F)cn3)CC2)C1. The smallest absolute Gasteiger partial charge is 0.357 e. The van der Waals surface area contributed by atoms with E-state index in [2.05, 4.69) is 10.3 Å². The Hall–Kier alpha value is -1.61. The molecule has 5 nitrogen and oxygen atoms in total. The number of pyridine rings is 1. The molecule has 9 heteroatoms. The summed E-state index contributed by atoms with van der Waals surface area (Å²) in [5, 5.41) is 4.55. The lowest BCUT2D eigenvalue weighted by Crippen LogP contribution is -2.46. The molecule has 0 aromatic carbocycles. The predicted octanol–water partition coefficient (Wildman–Crippen LogP) is 1.97. The maximum absolute atomic E-state index is 12.6. The molecule has 1 N–H and O–H groups in total. The second kappa shape index (κ2) is 6.36. The Morgan fingerprint density at radius 1 is 1.21 bits per heavy atom. The zero-order chi connectivity index (χ0) is 17.4. The highest BCUT2D eigenvalue weighted by molar-refractivity contribution is 7.94. The molecule has 1 aromatic rings. The highest BCUT2D eigenvalue weighted by Gasteiger charge is 2.31. The topological polar surface area (TPSA) is 62.3 Å². The van der Waals surface area contributed by atoms with E-state index in [0.717, 1.165) is 25.1 Å². The summed E-state index contributed by atoms with van der Waals surface area (Å²) in [6.07, 6.45) is -0.287. The molecule has 0 spiro atoms. The fourth-order valence-electron chi connectivity index (χ4n) is 3.00. The second-order valence-corrected chi connectivity index (χ2v) is 8.03. The van der Waals surface area contributed by atoms with E-state index in [0.29, 0.717) is 18.9 Å². The van der Waals surface area contributed by atoms with Crippen LogP contribution in [0.1, 0.15) is 18.4 Å². The molecular formula is C15H18F3N3O2S. The number of sulfone groups is 1. The molecule has 1 atom stereocenters. The average Bonchev–Trinajstić information content (AvgIpc) is 2.86. The Morgan fingerprint density at radius 2 is 1.92 bits per heavy atom. The highest BCUT2D eigenvalue weighted by atomic mass is 32.2. The Morgan fingerprint density at radius 3 is 2.42 bits per heavy atom. The van der Waals surface area contributed by atoms with E-state index in [1.54, 1.807) is 6.08 Å². The minimum atomic E-state index is -4.38. The first kappa shape index (κ1) is 17.2. The summed E-state index contributed by atoms with van der Waals surface area (Å²) in [5.41, 5.74) is -0.753. The molecule has 1 fully saturated rings. The third kappa shape index (κ3) is 4.07. The lowest BCUT2D eigenvalue weighted by atomic mass is 10.0. The average molecular weight is 361 g/mol. The van der Waals surface area contributed by atoms with Gasteiger partial charge in [-0.3, -0.25) is 0 Å². The van der Waals surface area contributed by atoms with E-state index in [1.165, 1.54) is 11.5 Å². The van der Waals surface area contributed by atoms with Crippen molar-refractivity contribution >= 4 is 15.7 Å². The number of nitrogens with zero attached hydrogens (tertiary/aromatic N) is 2. The largest absolute Gasteiger partial charge is 0.417 e. The highest BCUT2D eigenvalue weighted by Crippen LogP contribution is 2.29. The quantitative estimate of drug-likeness (QED) is 0.892. The summed E-state index contributed by atoms with van der Waals surface area (Å²) in [7, 11) is -3.07. The predicted molar refractivity (Wildman–Crippen MR) is 84.3 cm³/mol. The van der Waals surface area contributed by atoms with Crippen LogP contribution in [0.4, 0.5) is 19.0 Å². The number of alkyl halides is 3. The van der Waals surface area contributed by atoms with Crippen molar-refractivity contribution in [2.75, 3.05) is 23.7 Å². The van der Waals surface area contributed by atoms with Crippen LogP contribution >= 0.6 is 0 Å². The first-order chi connectivity index (χ1) is 11.2. The van der Waals surface area contributed by atoms with Gasteiger partial charge in [-0.15, -0.1) is 0 Å². The number of rotatable bonds is 3. The molecule has 0 bridgehead atoms. The lowest BCUT2D eigenvalue weighted by molar-refractivity contribution is -0.137. The molecule has 0 amide bonds. The van der Waals surface area contributed by atoms with Crippen LogP contribution in [0.25, 0.3) is 0 Å². The van der Waals surface area contributed by atoms with Crippen molar-refractivity contribution < 1.29 is 21.6 Å². The molecule has 2 aliphatic heterocycles. The zero-order valence-corrected chi connectivity index (χ0v) is 13.6. The maximum atomic E-state index is 12.6. The standard InChI is InChI=1S/C15H18F3N3O2S/c16-15(17,18)11-1-2-14(19-9-11)21-6-3-12(4-7-21)20-13-5-8-24(22,23)10-13/h1-2,5,8-9,12-13,20H,3-4,6-7,10H2/t13-/m1/s1. The fraction of sp³-hybridized carbons (Fsp3) is 0.533. The number of nitrogens with one attached hydrogen (secondary N) is 1. The van der Waals surface area contributed by atoms with Gasteiger partial charge in [0.05, 0.1) is 11.3 Å². The van der Waals surface area contributed by atoms with Crippen LogP contribution in [0.3, 0.4) is 0 Å². The van der Waals surface area contributed by atoms with Gasteiger partial charge in [0, 0.05) is 36.8 Å². The minimum absolute atomic E-state index is 0.0909. The molecule has 1 aromatic heterocycles. The third-order valence-corrected chi connectivity index (χ3v) is 5.67. The second-order valence-electron chi connectivity index (χ2n) is 6.10. The van der Waals surface area contributed by atoms with E-state index in [4.69, 9.17) is 0 Å². The molecule has 0 aliphatic carbocycles. The normalized spacial score (nSPS) is 24.5. The van der Waals surface area contributed by atoms with Crippen LogP contribution in [0.2, 0.25) is 0 Å². The van der Waals surface area contributed by atoms with Gasteiger partial charge in [-0.25, -0.2) is 13.4 Å². The molecule has 2 aliphatic rings. The zero-order valence-electron chi connectivity index (χ0n) is 12.8. The number of hydrogen-bond acceptors (Lipinski definition) is 5. The maximum Gasteiger partial charge on any atom is 0.417 e. The molecule has 1 saturated heterocycles. The summed E-state index contributed by atoms with van der Waals surface area (Å²) in [6, 6.07) is 2.47. The van der Waals surface area contributed by atoms with Crippen molar-refractivity contribution in [2.45, 2.75) is 31.1 Å². The monoisotopic (exact) mass is 361 g/mol. The van der Waals surface area contributed by atoms with E-state index in [1.807, 2.05) is 4.90 Å². The van der Waals surface area contributed by atoms with Gasteiger partial charge in [0.25, 0.3) is 0 Å². The van der Waals surface area contributed by atoms with Gasteiger partial charge >= 0.3 is 6.18 Å². The van der Waals surface area contributed by atoms with Crippen molar-refractivity contribution in [3.63, 3.8) is 0 Å². The van der Waals surface area contributed by atoms with Gasteiger partial charge in [0.1, 0.15) is 5.82 Å². The van der Waals surface area contributed by atoms with Gasteiger partial charge in [-0.05, 0) is 25.0 Å². The fourth-order valence-corrected chi connectivity index (χ4v) is 4.25. The minimum Gasteiger partial charge on any atom is -0.357 e. The first-order valence-electron chi connectivity index (χ1n) is 7.68. The number of hydrogen-bond donors (Lipinski definition) is 1. The van der Waals surface area contributed by atoms with Crippen molar-refractivity contribution in [1.82, 2.24) is 10.3 Å². The van der Waals surface area contributed by atoms with E-state index < -0.39 is 21.6 Å². The van der Waals surface area contributed by atoms with Crippen molar-refractivity contribution in [1.29, 1.82) is 0 Å². The molecule has 0 radical (unpaired) electrons.